The largest absolute Gasteiger partial charge is 0.312 e. The van der Waals surface area contributed by atoms with Crippen molar-refractivity contribution in [3.05, 3.63) is 0 Å². The van der Waals surface area contributed by atoms with Crippen molar-refractivity contribution in [3.8, 4) is 0 Å². The van der Waals surface area contributed by atoms with Crippen LogP contribution in [-0.2, 0) is 0 Å². The van der Waals surface area contributed by atoms with E-state index >= 15 is 0 Å². The molecule has 0 saturated heterocycles. The lowest BCUT2D eigenvalue weighted by atomic mass is 9.81. The van der Waals surface area contributed by atoms with Gasteiger partial charge in [-0.15, -0.1) is 0 Å². The molecule has 1 N–H and O–H groups in total. The molecule has 0 radical (unpaired) electrons. The zero-order chi connectivity index (χ0) is 11.5. The van der Waals surface area contributed by atoms with Crippen LogP contribution in [0.15, 0.2) is 0 Å². The van der Waals surface area contributed by atoms with Crippen molar-refractivity contribution in [3.63, 3.8) is 0 Å². The predicted molar refractivity (Wildman–Crippen MR) is 67.2 cm³/mol. The van der Waals surface area contributed by atoms with Crippen LogP contribution in [0.3, 0.4) is 0 Å². The molecule has 2 heteroatoms. The number of hydrogen-bond donors (Lipinski definition) is 1. The van der Waals surface area contributed by atoms with E-state index in [1.54, 1.807) is 0 Å². The van der Waals surface area contributed by atoms with Crippen LogP contribution in [0.2, 0.25) is 0 Å². The van der Waals surface area contributed by atoms with Gasteiger partial charge in [-0.25, -0.2) is 0 Å². The second kappa shape index (κ2) is 5.31. The Morgan fingerprint density at radius 3 is 2.33 bits per heavy atom. The number of rotatable bonds is 6. The normalized spacial score (nSPS) is 20.4. The first-order chi connectivity index (χ1) is 6.92. The highest BCUT2D eigenvalue weighted by Gasteiger charge is 2.23. The zero-order valence-corrected chi connectivity index (χ0v) is 11.1. The molecule has 0 bridgehead atoms. The van der Waals surface area contributed by atoms with Gasteiger partial charge >= 0.3 is 0 Å². The lowest BCUT2D eigenvalue weighted by Crippen LogP contribution is -2.49. The topological polar surface area (TPSA) is 15.3 Å². The average molecular weight is 212 g/mol. The number of hydrogen-bond acceptors (Lipinski definition) is 2. The Morgan fingerprint density at radius 1 is 1.33 bits per heavy atom. The summed E-state index contributed by atoms with van der Waals surface area (Å²) in [6.07, 6.45) is 5.75. The molecule has 0 aromatic carbocycles. The van der Waals surface area contributed by atoms with E-state index in [1.807, 2.05) is 0 Å². The summed E-state index contributed by atoms with van der Waals surface area (Å²) in [6, 6.07) is 0.675. The van der Waals surface area contributed by atoms with E-state index in [9.17, 15) is 0 Å². The maximum Gasteiger partial charge on any atom is 0.0271 e. The van der Waals surface area contributed by atoms with Crippen molar-refractivity contribution in [1.29, 1.82) is 0 Å². The van der Waals surface area contributed by atoms with E-state index in [-0.39, 0.29) is 5.54 Å². The number of nitrogens with one attached hydrogen (secondary N) is 1. The van der Waals surface area contributed by atoms with Gasteiger partial charge < -0.3 is 10.2 Å². The molecule has 1 atom stereocenters. The Morgan fingerprint density at radius 2 is 1.93 bits per heavy atom. The van der Waals surface area contributed by atoms with Crippen LogP contribution < -0.4 is 5.32 Å². The van der Waals surface area contributed by atoms with Gasteiger partial charge in [0, 0.05) is 18.1 Å². The van der Waals surface area contributed by atoms with Crippen molar-refractivity contribution >= 4 is 0 Å². The van der Waals surface area contributed by atoms with Gasteiger partial charge in [0.05, 0.1) is 0 Å². The Bertz CT molecular complexity index is 183. The second-order valence-corrected chi connectivity index (χ2v) is 6.02. The highest BCUT2D eigenvalue weighted by molar-refractivity contribution is 4.82. The van der Waals surface area contributed by atoms with Crippen LogP contribution in [0.1, 0.15) is 46.5 Å². The van der Waals surface area contributed by atoms with Gasteiger partial charge in [-0.2, -0.15) is 0 Å². The van der Waals surface area contributed by atoms with Gasteiger partial charge in [-0.3, -0.25) is 0 Å². The van der Waals surface area contributed by atoms with Crippen LogP contribution in [-0.4, -0.2) is 37.1 Å². The summed E-state index contributed by atoms with van der Waals surface area (Å²) < 4.78 is 0. The maximum atomic E-state index is 3.66. The molecule has 0 aliphatic heterocycles. The second-order valence-electron chi connectivity index (χ2n) is 6.02. The molecule has 0 spiro atoms. The fourth-order valence-corrected chi connectivity index (χ4v) is 1.89. The first-order valence-electron chi connectivity index (χ1n) is 6.32. The minimum absolute atomic E-state index is 0.258. The quantitative estimate of drug-likeness (QED) is 0.728. The van der Waals surface area contributed by atoms with E-state index < -0.39 is 0 Å². The van der Waals surface area contributed by atoms with Crippen molar-refractivity contribution in [1.82, 2.24) is 10.2 Å². The minimum Gasteiger partial charge on any atom is -0.312 e. The van der Waals surface area contributed by atoms with E-state index in [0.29, 0.717) is 6.04 Å². The van der Waals surface area contributed by atoms with Gasteiger partial charge in [-0.05, 0) is 47.2 Å². The van der Waals surface area contributed by atoms with Crippen molar-refractivity contribution in [2.24, 2.45) is 5.92 Å². The summed E-state index contributed by atoms with van der Waals surface area (Å²) in [4.78, 5) is 2.29. The van der Waals surface area contributed by atoms with Crippen LogP contribution in [0.5, 0.6) is 0 Å². The van der Waals surface area contributed by atoms with Crippen LogP contribution in [0.4, 0.5) is 0 Å². The fourth-order valence-electron chi connectivity index (χ4n) is 1.89. The molecule has 1 saturated carbocycles. The lowest BCUT2D eigenvalue weighted by Gasteiger charge is -2.35. The third-order valence-electron chi connectivity index (χ3n) is 4.01. The van der Waals surface area contributed by atoms with Gasteiger partial charge in [0.1, 0.15) is 0 Å². The molecule has 2 nitrogen and oxygen atoms in total. The highest BCUT2D eigenvalue weighted by atomic mass is 15.2. The van der Waals surface area contributed by atoms with Gasteiger partial charge in [0.2, 0.25) is 0 Å². The fraction of sp³-hybridized carbons (Fsp3) is 1.00. The lowest BCUT2D eigenvalue weighted by molar-refractivity contribution is 0.177. The Hall–Kier alpha value is -0.0800. The van der Waals surface area contributed by atoms with E-state index in [0.717, 1.165) is 12.5 Å². The predicted octanol–water partition coefficient (Wildman–Crippen LogP) is 2.49. The number of nitrogens with zero attached hydrogens (tertiary/aromatic N) is 1. The van der Waals surface area contributed by atoms with E-state index in [1.165, 1.54) is 25.7 Å². The van der Waals surface area contributed by atoms with Crippen molar-refractivity contribution in [2.75, 3.05) is 20.6 Å². The van der Waals surface area contributed by atoms with Crippen LogP contribution >= 0.6 is 0 Å². The van der Waals surface area contributed by atoms with Crippen LogP contribution in [0, 0.1) is 5.92 Å². The third kappa shape index (κ3) is 4.12. The molecule has 15 heavy (non-hydrogen) atoms. The van der Waals surface area contributed by atoms with Gasteiger partial charge in [0.15, 0.2) is 0 Å². The summed E-state index contributed by atoms with van der Waals surface area (Å²) in [7, 11) is 4.30. The Kier molecular flexibility index (Phi) is 4.60. The van der Waals surface area contributed by atoms with Crippen molar-refractivity contribution < 1.29 is 0 Å². The molecule has 0 aromatic heterocycles. The standard InChI is InChI=1S/C13H28N2/c1-11(9-12-7-6-8-12)14-10-13(2,3)15(4)5/h11-12,14H,6-10H2,1-5H3. The average Bonchev–Trinajstić information content (AvgIpc) is 2.08. The molecule has 0 heterocycles. The molecule has 1 aliphatic carbocycles. The molecule has 1 aliphatic rings. The SMILES string of the molecule is CC(CC1CCC1)NCC(C)(C)N(C)C. The smallest absolute Gasteiger partial charge is 0.0271 e. The third-order valence-corrected chi connectivity index (χ3v) is 4.01. The summed E-state index contributed by atoms with van der Waals surface area (Å²) in [5, 5.41) is 3.66. The summed E-state index contributed by atoms with van der Waals surface area (Å²) in [5.74, 6) is 1.01. The van der Waals surface area contributed by atoms with Crippen LogP contribution in [0.25, 0.3) is 0 Å². The Labute approximate surface area is 95.4 Å². The molecule has 0 aromatic rings. The summed E-state index contributed by atoms with van der Waals surface area (Å²) in [6.45, 7) is 7.98. The molecule has 0 amide bonds. The summed E-state index contributed by atoms with van der Waals surface area (Å²) >= 11 is 0. The van der Waals surface area contributed by atoms with Gasteiger partial charge in [-0.1, -0.05) is 19.3 Å². The van der Waals surface area contributed by atoms with Crippen molar-refractivity contribution in [2.45, 2.75) is 58.0 Å². The molecule has 1 rings (SSSR count). The monoisotopic (exact) mass is 212 g/mol. The summed E-state index contributed by atoms with van der Waals surface area (Å²) in [5.41, 5.74) is 0.258. The minimum atomic E-state index is 0.258. The maximum absolute atomic E-state index is 3.66. The zero-order valence-electron chi connectivity index (χ0n) is 11.1. The molecule has 90 valence electrons. The Balaban J connectivity index is 2.17. The first-order valence-corrected chi connectivity index (χ1v) is 6.32. The molecular formula is C13H28N2. The first kappa shape index (κ1) is 13.0. The van der Waals surface area contributed by atoms with Gasteiger partial charge in [0.25, 0.3) is 0 Å². The highest BCUT2D eigenvalue weighted by Crippen LogP contribution is 2.30. The molecule has 1 unspecified atom stereocenters. The molecule has 1 fully saturated rings. The van der Waals surface area contributed by atoms with E-state index in [2.05, 4.69) is 45.1 Å². The molecular weight excluding hydrogens is 184 g/mol. The number of likely N-dealkylation sites (N-methyl/N-ethyl adjacent to an activating group) is 1. The van der Waals surface area contributed by atoms with E-state index in [4.69, 9.17) is 0 Å².